The van der Waals surface area contributed by atoms with Crippen molar-refractivity contribution >= 4 is 11.6 Å². The second-order valence-corrected chi connectivity index (χ2v) is 3.81. The summed E-state index contributed by atoms with van der Waals surface area (Å²) in [5.74, 6) is -0.0596. The van der Waals surface area contributed by atoms with E-state index in [0.717, 1.165) is 0 Å². The number of rotatable bonds is 4. The fourth-order valence-corrected chi connectivity index (χ4v) is 1.72. The van der Waals surface area contributed by atoms with Gasteiger partial charge in [-0.3, -0.25) is 14.9 Å². The van der Waals surface area contributed by atoms with E-state index in [1.54, 1.807) is 12.1 Å². The van der Waals surface area contributed by atoms with Crippen LogP contribution in [0.1, 0.15) is 6.42 Å². The molecule has 6 nitrogen and oxygen atoms in total. The zero-order chi connectivity index (χ0) is 12.3. The number of nitro groups is 1. The van der Waals surface area contributed by atoms with Crippen molar-refractivity contribution in [2.24, 2.45) is 5.92 Å². The number of nitrogens with zero attached hydrogens (tertiary/aromatic N) is 1. The van der Waals surface area contributed by atoms with Gasteiger partial charge in [-0.25, -0.2) is 0 Å². The van der Waals surface area contributed by atoms with Gasteiger partial charge in [-0.1, -0.05) is 12.1 Å². The molecule has 0 saturated carbocycles. The highest BCUT2D eigenvalue weighted by Crippen LogP contribution is 2.26. The van der Waals surface area contributed by atoms with Crippen LogP contribution in [0.2, 0.25) is 0 Å². The summed E-state index contributed by atoms with van der Waals surface area (Å²) < 4.78 is 5.35. The Morgan fingerprint density at radius 2 is 2.24 bits per heavy atom. The first-order chi connectivity index (χ1) is 8.18. The van der Waals surface area contributed by atoms with E-state index in [4.69, 9.17) is 4.74 Å². The third kappa shape index (κ3) is 2.52. The van der Waals surface area contributed by atoms with E-state index in [2.05, 4.69) is 5.32 Å². The van der Waals surface area contributed by atoms with E-state index < -0.39 is 4.92 Å². The van der Waals surface area contributed by atoms with Crippen molar-refractivity contribution in [2.45, 2.75) is 6.42 Å². The highest BCUT2D eigenvalue weighted by molar-refractivity contribution is 5.80. The summed E-state index contributed by atoms with van der Waals surface area (Å²) in [6, 6.07) is 6.15. The minimum absolute atomic E-state index is 0.0522. The quantitative estimate of drug-likeness (QED) is 0.627. The highest BCUT2D eigenvalue weighted by atomic mass is 16.6. The number of hydrogen-bond acceptors (Lipinski definition) is 4. The van der Waals surface area contributed by atoms with E-state index in [0.29, 0.717) is 13.0 Å². The molecule has 1 aliphatic rings. The van der Waals surface area contributed by atoms with Crippen LogP contribution < -0.4 is 10.1 Å². The van der Waals surface area contributed by atoms with E-state index in [9.17, 15) is 14.9 Å². The lowest BCUT2D eigenvalue weighted by Gasteiger charge is -2.09. The van der Waals surface area contributed by atoms with Crippen molar-refractivity contribution < 1.29 is 14.5 Å². The van der Waals surface area contributed by atoms with Gasteiger partial charge < -0.3 is 10.1 Å². The molecule has 1 atom stereocenters. The molecule has 1 fully saturated rings. The summed E-state index contributed by atoms with van der Waals surface area (Å²) in [6.07, 6.45) is 0.708. The lowest BCUT2D eigenvalue weighted by atomic mass is 10.1. The van der Waals surface area contributed by atoms with Gasteiger partial charge in [0.1, 0.15) is 6.61 Å². The van der Waals surface area contributed by atoms with Crippen LogP contribution in [-0.4, -0.2) is 24.0 Å². The van der Waals surface area contributed by atoms with E-state index in [1.165, 1.54) is 12.1 Å². The number of carbonyl (C=O) groups is 1. The third-order valence-corrected chi connectivity index (χ3v) is 2.66. The number of carbonyl (C=O) groups excluding carboxylic acids is 1. The molecule has 1 aromatic rings. The Labute approximate surface area is 97.7 Å². The first-order valence-corrected chi connectivity index (χ1v) is 5.32. The lowest BCUT2D eigenvalue weighted by Crippen LogP contribution is -2.23. The number of ether oxygens (including phenoxy) is 1. The van der Waals surface area contributed by atoms with Gasteiger partial charge in [0.25, 0.3) is 0 Å². The minimum Gasteiger partial charge on any atom is -0.486 e. The predicted octanol–water partition coefficient (Wildman–Crippen LogP) is 1.11. The van der Waals surface area contributed by atoms with E-state index >= 15 is 0 Å². The lowest BCUT2D eigenvalue weighted by molar-refractivity contribution is -0.385. The summed E-state index contributed by atoms with van der Waals surface area (Å²) in [6.45, 7) is 0.820. The predicted molar refractivity (Wildman–Crippen MR) is 59.7 cm³/mol. The van der Waals surface area contributed by atoms with Crippen LogP contribution in [0, 0.1) is 16.0 Å². The molecule has 6 heteroatoms. The maximum Gasteiger partial charge on any atom is 0.310 e. The van der Waals surface area contributed by atoms with Crippen molar-refractivity contribution in [2.75, 3.05) is 13.2 Å². The summed E-state index contributed by atoms with van der Waals surface area (Å²) in [4.78, 5) is 21.5. The molecule has 1 aromatic carbocycles. The van der Waals surface area contributed by atoms with Crippen LogP contribution in [-0.2, 0) is 4.79 Å². The number of benzene rings is 1. The molecular formula is C11H12N2O4. The van der Waals surface area contributed by atoms with Gasteiger partial charge in [0, 0.05) is 12.6 Å². The zero-order valence-corrected chi connectivity index (χ0v) is 9.09. The maximum absolute atomic E-state index is 11.3. The average molecular weight is 236 g/mol. The Morgan fingerprint density at radius 1 is 1.47 bits per heavy atom. The van der Waals surface area contributed by atoms with Crippen molar-refractivity contribution in [3.8, 4) is 5.75 Å². The van der Waals surface area contributed by atoms with Crippen LogP contribution in [0.15, 0.2) is 24.3 Å². The molecule has 1 amide bonds. The first kappa shape index (κ1) is 11.4. The Bertz CT molecular complexity index is 447. The smallest absolute Gasteiger partial charge is 0.310 e. The molecule has 1 saturated heterocycles. The maximum atomic E-state index is 11.3. The Balaban J connectivity index is 2.03. The number of para-hydroxylation sites is 2. The number of hydrogen-bond donors (Lipinski definition) is 1. The Hall–Kier alpha value is -2.11. The number of nitrogens with one attached hydrogen (secondary N) is 1. The molecule has 0 aliphatic carbocycles. The summed E-state index contributed by atoms with van der Waals surface area (Å²) >= 11 is 0. The molecular weight excluding hydrogens is 224 g/mol. The van der Waals surface area contributed by atoms with Crippen LogP contribution in [0.3, 0.4) is 0 Å². The van der Waals surface area contributed by atoms with Crippen molar-refractivity contribution in [1.82, 2.24) is 5.32 Å². The Morgan fingerprint density at radius 3 is 2.88 bits per heavy atom. The SMILES string of the molecule is O=C1NCCC1COc1ccccc1[N+](=O)[O-]. The van der Waals surface area contributed by atoms with Gasteiger partial charge in [0.05, 0.1) is 10.8 Å². The third-order valence-electron chi connectivity index (χ3n) is 2.66. The number of nitro benzene ring substituents is 1. The monoisotopic (exact) mass is 236 g/mol. The molecule has 90 valence electrons. The first-order valence-electron chi connectivity index (χ1n) is 5.32. The van der Waals surface area contributed by atoms with Crippen molar-refractivity contribution in [3.05, 3.63) is 34.4 Å². The molecule has 0 aromatic heterocycles. The fourth-order valence-electron chi connectivity index (χ4n) is 1.72. The summed E-state index contributed by atoms with van der Waals surface area (Å²) in [5, 5.41) is 13.4. The molecule has 1 unspecified atom stereocenters. The fraction of sp³-hybridized carbons (Fsp3) is 0.364. The Kier molecular flexibility index (Phi) is 3.22. The summed E-state index contributed by atoms with van der Waals surface area (Å²) in [7, 11) is 0. The second-order valence-electron chi connectivity index (χ2n) is 3.81. The molecule has 1 heterocycles. The molecule has 0 spiro atoms. The number of amides is 1. The molecule has 17 heavy (non-hydrogen) atoms. The van der Waals surface area contributed by atoms with Crippen LogP contribution in [0.4, 0.5) is 5.69 Å². The molecule has 0 bridgehead atoms. The topological polar surface area (TPSA) is 81.5 Å². The second kappa shape index (κ2) is 4.82. The van der Waals surface area contributed by atoms with Crippen molar-refractivity contribution in [1.29, 1.82) is 0 Å². The highest BCUT2D eigenvalue weighted by Gasteiger charge is 2.25. The van der Waals surface area contributed by atoms with Gasteiger partial charge in [-0.15, -0.1) is 0 Å². The van der Waals surface area contributed by atoms with E-state index in [1.807, 2.05) is 0 Å². The standard InChI is InChI=1S/C11H12N2O4/c14-11-8(5-6-12-11)7-17-10-4-2-1-3-9(10)13(15)16/h1-4,8H,5-7H2,(H,12,14). The van der Waals surface area contributed by atoms with Gasteiger partial charge in [-0.05, 0) is 12.5 Å². The average Bonchev–Trinajstić information content (AvgIpc) is 2.72. The van der Waals surface area contributed by atoms with Gasteiger partial charge in [0.15, 0.2) is 5.75 Å². The minimum atomic E-state index is -0.496. The van der Waals surface area contributed by atoms with Crippen LogP contribution >= 0.6 is 0 Å². The molecule has 1 N–H and O–H groups in total. The van der Waals surface area contributed by atoms with Crippen LogP contribution in [0.5, 0.6) is 5.75 Å². The van der Waals surface area contributed by atoms with Gasteiger partial charge >= 0.3 is 5.69 Å². The summed E-state index contributed by atoms with van der Waals surface area (Å²) in [5.41, 5.74) is -0.0779. The normalized spacial score (nSPS) is 18.8. The molecule has 2 rings (SSSR count). The van der Waals surface area contributed by atoms with Crippen LogP contribution in [0.25, 0.3) is 0 Å². The zero-order valence-electron chi connectivity index (χ0n) is 9.09. The molecule has 0 radical (unpaired) electrons. The van der Waals surface area contributed by atoms with Gasteiger partial charge in [-0.2, -0.15) is 0 Å². The van der Waals surface area contributed by atoms with Gasteiger partial charge in [0.2, 0.25) is 5.91 Å². The van der Waals surface area contributed by atoms with Crippen molar-refractivity contribution in [3.63, 3.8) is 0 Å². The van der Waals surface area contributed by atoms with E-state index in [-0.39, 0.29) is 29.9 Å². The largest absolute Gasteiger partial charge is 0.486 e. The molecule has 1 aliphatic heterocycles.